The predicted octanol–water partition coefficient (Wildman–Crippen LogP) is 5.20. The number of carbonyl (C=O) groups is 2. The number of nitrogens with one attached hydrogen (secondary N) is 1. The topological polar surface area (TPSA) is 68.3 Å². The van der Waals surface area contributed by atoms with Crippen molar-refractivity contribution in [1.29, 1.82) is 0 Å². The third-order valence-corrected chi connectivity index (χ3v) is 4.95. The minimum atomic E-state index is -2.36. The molecule has 1 heterocycles. The van der Waals surface area contributed by atoms with Crippen molar-refractivity contribution in [2.24, 2.45) is 0 Å². The number of esters is 1. The van der Waals surface area contributed by atoms with E-state index in [9.17, 15) is 31.5 Å². The number of thiazole rings is 1. The Labute approximate surface area is 170 Å². The van der Waals surface area contributed by atoms with Crippen LogP contribution in [0.4, 0.5) is 27.1 Å². The van der Waals surface area contributed by atoms with Crippen LogP contribution in [0.2, 0.25) is 0 Å². The summed E-state index contributed by atoms with van der Waals surface area (Å²) in [5.41, 5.74) is -1.04. The first-order valence-corrected chi connectivity index (χ1v) is 9.46. The molecular formula is C19H13F5N2O3S. The highest BCUT2D eigenvalue weighted by atomic mass is 32.1. The molecule has 1 amide bonds. The van der Waals surface area contributed by atoms with E-state index in [0.717, 1.165) is 17.8 Å². The third kappa shape index (κ3) is 4.11. The molecule has 1 N–H and O–H groups in total. The quantitative estimate of drug-likeness (QED) is 0.187. The van der Waals surface area contributed by atoms with Crippen molar-refractivity contribution in [3.63, 3.8) is 0 Å². The van der Waals surface area contributed by atoms with Gasteiger partial charge >= 0.3 is 5.97 Å². The lowest BCUT2D eigenvalue weighted by atomic mass is 10.1. The number of halogens is 5. The summed E-state index contributed by atoms with van der Waals surface area (Å²) < 4.78 is 72.8. The maximum absolute atomic E-state index is 13.8. The van der Waals surface area contributed by atoms with Crippen molar-refractivity contribution >= 4 is 38.6 Å². The Morgan fingerprint density at radius 3 is 2.30 bits per heavy atom. The number of fused-ring (bicyclic) bond motifs is 1. The molecule has 0 unspecified atom stereocenters. The second-order valence-corrected chi connectivity index (χ2v) is 7.12. The summed E-state index contributed by atoms with van der Waals surface area (Å²) in [6.07, 6.45) is 1.57. The first kappa shape index (κ1) is 21.6. The van der Waals surface area contributed by atoms with Gasteiger partial charge in [0, 0.05) is 0 Å². The third-order valence-electron chi connectivity index (χ3n) is 4.01. The molecule has 158 valence electrons. The summed E-state index contributed by atoms with van der Waals surface area (Å²) in [6.45, 7) is 2.21. The Hall–Kier alpha value is -3.08. The fourth-order valence-corrected chi connectivity index (χ4v) is 3.36. The van der Waals surface area contributed by atoms with Crippen molar-refractivity contribution in [3.05, 3.63) is 58.4 Å². The minimum Gasteiger partial charge on any atom is -0.462 e. The number of nitrogens with zero attached hydrogens (tertiary/aromatic N) is 1. The van der Waals surface area contributed by atoms with Crippen LogP contribution < -0.4 is 5.32 Å². The molecule has 0 fully saturated rings. The summed E-state index contributed by atoms with van der Waals surface area (Å²) in [5.74, 6) is -13.4. The highest BCUT2D eigenvalue weighted by molar-refractivity contribution is 7.22. The van der Waals surface area contributed by atoms with E-state index >= 15 is 0 Å². The van der Waals surface area contributed by atoms with Crippen molar-refractivity contribution < 1.29 is 36.3 Å². The van der Waals surface area contributed by atoms with Crippen LogP contribution in [0.25, 0.3) is 10.2 Å². The molecule has 0 aliphatic heterocycles. The molecule has 0 spiro atoms. The van der Waals surface area contributed by atoms with E-state index < -0.39 is 46.5 Å². The van der Waals surface area contributed by atoms with Crippen LogP contribution in [0.15, 0.2) is 18.2 Å². The molecule has 3 aromatic rings. The van der Waals surface area contributed by atoms with Crippen LogP contribution >= 0.6 is 11.3 Å². The van der Waals surface area contributed by atoms with Gasteiger partial charge in [0.1, 0.15) is 5.56 Å². The fourth-order valence-electron chi connectivity index (χ4n) is 2.46. The zero-order chi connectivity index (χ0) is 22.0. The van der Waals surface area contributed by atoms with Gasteiger partial charge in [-0.05, 0) is 24.6 Å². The fraction of sp³-hybridized carbons (Fsp3) is 0.211. The second-order valence-electron chi connectivity index (χ2n) is 6.09. The number of hydrogen-bond acceptors (Lipinski definition) is 5. The summed E-state index contributed by atoms with van der Waals surface area (Å²) in [6, 6.07) is 4.37. The zero-order valence-corrected chi connectivity index (χ0v) is 16.1. The Bertz CT molecular complexity index is 1120. The second kappa shape index (κ2) is 8.74. The summed E-state index contributed by atoms with van der Waals surface area (Å²) >= 11 is 0.846. The normalized spacial score (nSPS) is 11.0. The monoisotopic (exact) mass is 444 g/mol. The van der Waals surface area contributed by atoms with E-state index in [4.69, 9.17) is 4.74 Å². The number of unbranched alkanes of at least 4 members (excludes halogenated alkanes) is 1. The van der Waals surface area contributed by atoms with Crippen LogP contribution in [0.1, 0.15) is 40.5 Å². The van der Waals surface area contributed by atoms with Crippen molar-refractivity contribution in [3.8, 4) is 0 Å². The van der Waals surface area contributed by atoms with Gasteiger partial charge in [-0.25, -0.2) is 31.7 Å². The summed E-state index contributed by atoms with van der Waals surface area (Å²) in [7, 11) is 0. The predicted molar refractivity (Wildman–Crippen MR) is 99.0 cm³/mol. The van der Waals surface area contributed by atoms with E-state index in [0.29, 0.717) is 16.6 Å². The van der Waals surface area contributed by atoms with Gasteiger partial charge in [0.25, 0.3) is 5.91 Å². The van der Waals surface area contributed by atoms with Gasteiger partial charge in [-0.15, -0.1) is 0 Å². The molecule has 5 nitrogen and oxygen atoms in total. The van der Waals surface area contributed by atoms with Crippen LogP contribution in [0.3, 0.4) is 0 Å². The lowest BCUT2D eigenvalue weighted by Crippen LogP contribution is -2.19. The average molecular weight is 444 g/mol. The zero-order valence-electron chi connectivity index (χ0n) is 15.3. The van der Waals surface area contributed by atoms with Crippen molar-refractivity contribution in [2.45, 2.75) is 19.8 Å². The van der Waals surface area contributed by atoms with Gasteiger partial charge < -0.3 is 4.74 Å². The molecular weight excluding hydrogens is 431 g/mol. The molecule has 3 rings (SSSR count). The number of hydrogen-bond donors (Lipinski definition) is 1. The number of rotatable bonds is 6. The van der Waals surface area contributed by atoms with Crippen LogP contribution in [0, 0.1) is 29.1 Å². The van der Waals surface area contributed by atoms with E-state index in [2.05, 4.69) is 4.98 Å². The number of carbonyl (C=O) groups excluding carboxylic acids is 2. The molecule has 0 aliphatic rings. The molecule has 0 bridgehead atoms. The lowest BCUT2D eigenvalue weighted by Gasteiger charge is -2.07. The first-order valence-electron chi connectivity index (χ1n) is 8.65. The number of anilines is 1. The van der Waals surface area contributed by atoms with Crippen LogP contribution in [-0.4, -0.2) is 23.5 Å². The van der Waals surface area contributed by atoms with Crippen molar-refractivity contribution in [1.82, 2.24) is 4.98 Å². The Kier molecular flexibility index (Phi) is 6.30. The van der Waals surface area contributed by atoms with E-state index in [1.54, 1.807) is 0 Å². The first-order chi connectivity index (χ1) is 14.2. The smallest absolute Gasteiger partial charge is 0.338 e. The van der Waals surface area contributed by atoms with Gasteiger partial charge in [0.05, 0.1) is 22.4 Å². The average Bonchev–Trinajstić information content (AvgIpc) is 3.12. The molecule has 0 aliphatic carbocycles. The Morgan fingerprint density at radius 2 is 1.67 bits per heavy atom. The molecule has 0 atom stereocenters. The Balaban J connectivity index is 1.85. The molecule has 1 aromatic heterocycles. The lowest BCUT2D eigenvalue weighted by molar-refractivity contribution is 0.0500. The molecule has 30 heavy (non-hydrogen) atoms. The molecule has 2 aromatic carbocycles. The highest BCUT2D eigenvalue weighted by Gasteiger charge is 2.30. The maximum Gasteiger partial charge on any atom is 0.338 e. The molecule has 0 saturated heterocycles. The number of aromatic nitrogens is 1. The summed E-state index contributed by atoms with van der Waals surface area (Å²) in [4.78, 5) is 28.1. The minimum absolute atomic E-state index is 0.157. The number of ether oxygens (including phenoxy) is 1. The SMILES string of the molecule is CCCCOC(=O)c1ccc2nc(NC(=O)c3c(F)c(F)c(F)c(F)c3F)sc2c1. The highest BCUT2D eigenvalue weighted by Crippen LogP contribution is 2.29. The maximum atomic E-state index is 13.8. The van der Waals surface area contributed by atoms with Crippen molar-refractivity contribution in [2.75, 3.05) is 11.9 Å². The van der Waals surface area contributed by atoms with Crippen LogP contribution in [0.5, 0.6) is 0 Å². The standard InChI is InChI=1S/C19H13F5N2O3S/c1-2-3-6-29-18(28)8-4-5-9-10(7-8)30-19(25-9)26-17(27)11-12(20)14(22)16(24)15(23)13(11)21/h4-5,7H,2-3,6H2,1H3,(H,25,26,27). The van der Waals surface area contributed by atoms with Gasteiger partial charge in [-0.1, -0.05) is 24.7 Å². The van der Waals surface area contributed by atoms with Crippen LogP contribution in [-0.2, 0) is 4.74 Å². The molecule has 0 radical (unpaired) electrons. The largest absolute Gasteiger partial charge is 0.462 e. The van der Waals surface area contributed by atoms with Gasteiger partial charge in [-0.3, -0.25) is 10.1 Å². The number of benzene rings is 2. The van der Waals surface area contributed by atoms with E-state index in [-0.39, 0.29) is 17.3 Å². The molecule has 0 saturated carbocycles. The van der Waals surface area contributed by atoms with Gasteiger partial charge in [-0.2, -0.15) is 0 Å². The van der Waals surface area contributed by atoms with Gasteiger partial charge in [0.15, 0.2) is 28.4 Å². The molecule has 11 heteroatoms. The summed E-state index contributed by atoms with van der Waals surface area (Å²) in [5, 5.41) is 1.85. The number of amides is 1. The van der Waals surface area contributed by atoms with E-state index in [1.165, 1.54) is 18.2 Å². The Morgan fingerprint density at radius 1 is 1.03 bits per heavy atom. The van der Waals surface area contributed by atoms with Gasteiger partial charge in [0.2, 0.25) is 5.82 Å². The van der Waals surface area contributed by atoms with E-state index in [1.807, 2.05) is 12.2 Å².